The molecule has 1 aliphatic heterocycles. The molecule has 1 aliphatic rings. The van der Waals surface area contributed by atoms with Crippen molar-refractivity contribution in [1.82, 2.24) is 9.88 Å². The lowest BCUT2D eigenvalue weighted by molar-refractivity contribution is -0.127. The van der Waals surface area contributed by atoms with E-state index in [2.05, 4.69) is 23.7 Å². The zero-order valence-electron chi connectivity index (χ0n) is 21.8. The van der Waals surface area contributed by atoms with Crippen LogP contribution in [-0.2, 0) is 11.3 Å². The number of aromatic nitrogens is 1. The maximum atomic E-state index is 12.7. The van der Waals surface area contributed by atoms with Gasteiger partial charge in [0.25, 0.3) is 0 Å². The molecule has 3 rings (SSSR count). The topological polar surface area (TPSA) is 76.3 Å². The summed E-state index contributed by atoms with van der Waals surface area (Å²) < 4.78 is 12.7. The van der Waals surface area contributed by atoms with Gasteiger partial charge >= 0.3 is 0 Å². The number of pyridine rings is 1. The van der Waals surface area contributed by atoms with Gasteiger partial charge < -0.3 is 5.73 Å². The van der Waals surface area contributed by atoms with Crippen LogP contribution in [0.5, 0.6) is 0 Å². The standard InChI is InChI=1S/C15H23N3O.C14H19FO/c1-11(2)15(19)13-4-7-18(8-5-13)10-12-3-6-17-14(16)9-12;1-3-5-11(6-4-2)14(16)12-7-9-13(15)10-8-12/h3,6,9,11,13H,4-5,7-8,10H2,1-2H3,(H2,16,17);7-11H,3-6H2,1-2H3. The second-order valence-electron chi connectivity index (χ2n) is 9.84. The van der Waals surface area contributed by atoms with Crippen molar-refractivity contribution in [3.8, 4) is 0 Å². The fourth-order valence-corrected chi connectivity index (χ4v) is 4.65. The summed E-state index contributed by atoms with van der Waals surface area (Å²) in [6, 6.07) is 9.78. The van der Waals surface area contributed by atoms with Crippen LogP contribution in [0.4, 0.5) is 10.2 Å². The van der Waals surface area contributed by atoms with Crippen molar-refractivity contribution in [3.63, 3.8) is 0 Å². The van der Waals surface area contributed by atoms with Gasteiger partial charge in [0, 0.05) is 36.1 Å². The molecule has 2 N–H and O–H groups in total. The maximum absolute atomic E-state index is 12.7. The van der Waals surface area contributed by atoms with E-state index in [1.807, 2.05) is 26.0 Å². The zero-order chi connectivity index (χ0) is 25.8. The van der Waals surface area contributed by atoms with E-state index < -0.39 is 0 Å². The Balaban J connectivity index is 0.000000251. The van der Waals surface area contributed by atoms with Crippen LogP contribution in [0.15, 0.2) is 42.6 Å². The molecule has 0 unspecified atom stereocenters. The van der Waals surface area contributed by atoms with E-state index in [-0.39, 0.29) is 29.4 Å². The summed E-state index contributed by atoms with van der Waals surface area (Å²) in [5, 5.41) is 0. The fraction of sp³-hybridized carbons (Fsp3) is 0.552. The summed E-state index contributed by atoms with van der Waals surface area (Å²) in [5.41, 5.74) is 7.51. The van der Waals surface area contributed by atoms with Crippen molar-refractivity contribution in [1.29, 1.82) is 0 Å². The number of anilines is 1. The molecule has 0 saturated carbocycles. The number of nitrogen functional groups attached to an aromatic ring is 1. The Kier molecular flexibility index (Phi) is 12.0. The highest BCUT2D eigenvalue weighted by molar-refractivity contribution is 5.97. The molecule has 2 aromatic rings. The molecule has 1 fully saturated rings. The number of carbonyl (C=O) groups excluding carboxylic acids is 2. The van der Waals surface area contributed by atoms with Crippen LogP contribution < -0.4 is 5.73 Å². The Hall–Kier alpha value is -2.60. The lowest BCUT2D eigenvalue weighted by atomic mass is 9.87. The molecule has 0 aliphatic carbocycles. The first-order valence-corrected chi connectivity index (χ1v) is 13.0. The normalized spacial score (nSPS) is 14.6. The van der Waals surface area contributed by atoms with Gasteiger partial charge in [0.05, 0.1) is 0 Å². The predicted octanol–water partition coefficient (Wildman–Crippen LogP) is 6.33. The molecular weight excluding hydrogens is 441 g/mol. The minimum absolute atomic E-state index is 0.0976. The first-order chi connectivity index (χ1) is 16.7. The van der Waals surface area contributed by atoms with Gasteiger partial charge in [0.15, 0.2) is 5.78 Å². The van der Waals surface area contributed by atoms with E-state index in [0.29, 0.717) is 17.2 Å². The molecule has 192 valence electrons. The average molecular weight is 484 g/mol. The van der Waals surface area contributed by atoms with Crippen LogP contribution in [-0.4, -0.2) is 34.5 Å². The van der Waals surface area contributed by atoms with Gasteiger partial charge in [-0.2, -0.15) is 0 Å². The Bertz CT molecular complexity index is 916. The van der Waals surface area contributed by atoms with E-state index in [4.69, 9.17) is 5.73 Å². The van der Waals surface area contributed by atoms with Gasteiger partial charge in [-0.15, -0.1) is 0 Å². The highest BCUT2D eigenvalue weighted by atomic mass is 19.1. The number of ketones is 2. The molecule has 0 radical (unpaired) electrons. The Morgan fingerprint density at radius 3 is 2.17 bits per heavy atom. The second-order valence-corrected chi connectivity index (χ2v) is 9.84. The number of rotatable bonds is 10. The number of hydrogen-bond acceptors (Lipinski definition) is 5. The molecule has 0 atom stereocenters. The Labute approximate surface area is 210 Å². The molecule has 1 saturated heterocycles. The summed E-state index contributed by atoms with van der Waals surface area (Å²) in [6.07, 6.45) is 7.58. The molecule has 5 nitrogen and oxygen atoms in total. The lowest BCUT2D eigenvalue weighted by Crippen LogP contribution is -2.37. The van der Waals surface area contributed by atoms with Crippen molar-refractivity contribution < 1.29 is 14.0 Å². The number of benzene rings is 1. The number of nitrogens with zero attached hydrogens (tertiary/aromatic N) is 2. The molecule has 1 aromatic heterocycles. The second kappa shape index (κ2) is 14.7. The first kappa shape index (κ1) is 28.6. The van der Waals surface area contributed by atoms with E-state index in [1.54, 1.807) is 18.3 Å². The van der Waals surface area contributed by atoms with Gasteiger partial charge in [0.2, 0.25) is 0 Å². The van der Waals surface area contributed by atoms with Gasteiger partial charge in [-0.25, -0.2) is 9.37 Å². The predicted molar refractivity (Wildman–Crippen MR) is 141 cm³/mol. The van der Waals surface area contributed by atoms with Gasteiger partial charge in [-0.1, -0.05) is 40.5 Å². The molecule has 6 heteroatoms. The highest BCUT2D eigenvalue weighted by Crippen LogP contribution is 2.23. The molecule has 2 heterocycles. The number of nitrogens with two attached hydrogens (primary N) is 1. The van der Waals surface area contributed by atoms with Crippen LogP contribution in [0.1, 0.15) is 82.1 Å². The van der Waals surface area contributed by atoms with Crippen LogP contribution in [0, 0.1) is 23.6 Å². The summed E-state index contributed by atoms with van der Waals surface area (Å²) >= 11 is 0. The molecule has 0 bridgehead atoms. The Morgan fingerprint density at radius 2 is 1.66 bits per heavy atom. The van der Waals surface area contributed by atoms with Crippen molar-refractivity contribution in [2.75, 3.05) is 18.8 Å². The quantitative estimate of drug-likeness (QED) is 0.400. The van der Waals surface area contributed by atoms with E-state index >= 15 is 0 Å². The average Bonchev–Trinajstić information content (AvgIpc) is 2.84. The minimum atomic E-state index is -0.293. The van der Waals surface area contributed by atoms with Crippen molar-refractivity contribution in [3.05, 3.63) is 59.5 Å². The zero-order valence-corrected chi connectivity index (χ0v) is 21.8. The monoisotopic (exact) mass is 483 g/mol. The molecule has 35 heavy (non-hydrogen) atoms. The third-order valence-corrected chi connectivity index (χ3v) is 6.58. The largest absolute Gasteiger partial charge is 0.384 e. The van der Waals surface area contributed by atoms with Gasteiger partial charge in [0.1, 0.15) is 17.4 Å². The number of halogens is 1. The highest BCUT2D eigenvalue weighted by Gasteiger charge is 2.26. The summed E-state index contributed by atoms with van der Waals surface area (Å²) in [5.74, 6) is 1.38. The van der Waals surface area contributed by atoms with Crippen molar-refractivity contribution >= 4 is 17.4 Å². The first-order valence-electron chi connectivity index (χ1n) is 13.0. The van der Waals surface area contributed by atoms with E-state index in [9.17, 15) is 14.0 Å². The van der Waals surface area contributed by atoms with Crippen molar-refractivity contribution in [2.45, 2.75) is 72.8 Å². The number of Topliss-reactive ketones (excluding diaryl/α,β-unsaturated/α-hetero) is 2. The smallest absolute Gasteiger partial charge is 0.165 e. The number of likely N-dealkylation sites (tertiary alicyclic amines) is 1. The summed E-state index contributed by atoms with van der Waals surface area (Å²) in [6.45, 7) is 11.0. The maximum Gasteiger partial charge on any atom is 0.165 e. The number of carbonyl (C=O) groups is 2. The summed E-state index contributed by atoms with van der Waals surface area (Å²) in [4.78, 5) is 30.5. The SMILES string of the molecule is CC(C)C(=O)C1CCN(Cc2ccnc(N)c2)CC1.CCCC(CCC)C(=O)c1ccc(F)cc1. The fourth-order valence-electron chi connectivity index (χ4n) is 4.65. The van der Waals surface area contributed by atoms with Crippen LogP contribution in [0.2, 0.25) is 0 Å². The minimum Gasteiger partial charge on any atom is -0.384 e. The number of piperidine rings is 1. The Morgan fingerprint density at radius 1 is 1.06 bits per heavy atom. The third kappa shape index (κ3) is 9.52. The van der Waals surface area contributed by atoms with E-state index in [1.165, 1.54) is 17.7 Å². The van der Waals surface area contributed by atoms with E-state index in [0.717, 1.165) is 58.2 Å². The van der Waals surface area contributed by atoms with Crippen molar-refractivity contribution in [2.24, 2.45) is 17.8 Å². The molecule has 0 amide bonds. The van der Waals surface area contributed by atoms with Crippen LogP contribution in [0.3, 0.4) is 0 Å². The number of hydrogen-bond donors (Lipinski definition) is 1. The molecular formula is C29H42FN3O2. The van der Waals surface area contributed by atoms with Gasteiger partial charge in [-0.3, -0.25) is 14.5 Å². The van der Waals surface area contributed by atoms with Crippen LogP contribution >= 0.6 is 0 Å². The molecule has 0 spiro atoms. The van der Waals surface area contributed by atoms with Gasteiger partial charge in [-0.05, 0) is 80.7 Å². The van der Waals surface area contributed by atoms with Crippen LogP contribution in [0.25, 0.3) is 0 Å². The third-order valence-electron chi connectivity index (χ3n) is 6.58. The molecule has 1 aromatic carbocycles. The summed E-state index contributed by atoms with van der Waals surface area (Å²) in [7, 11) is 0. The lowest BCUT2D eigenvalue weighted by Gasteiger charge is -2.31.